The molecule has 3 aromatic heterocycles. The van der Waals surface area contributed by atoms with Crippen LogP contribution in [0.5, 0.6) is 0 Å². The molecule has 3 heteroatoms. The highest BCUT2D eigenvalue weighted by Gasteiger charge is 2.32. The van der Waals surface area contributed by atoms with Crippen molar-refractivity contribution in [3.05, 3.63) is 104 Å². The summed E-state index contributed by atoms with van der Waals surface area (Å²) in [6.45, 7) is 0. The van der Waals surface area contributed by atoms with Gasteiger partial charge in [-0.2, -0.15) is 0 Å². The lowest BCUT2D eigenvalue weighted by molar-refractivity contribution is 0.579. The van der Waals surface area contributed by atoms with Crippen LogP contribution in [-0.4, -0.2) is 4.98 Å². The number of fused-ring (bicyclic) bond motifs is 3. The lowest BCUT2D eigenvalue weighted by Gasteiger charge is -2.17. The van der Waals surface area contributed by atoms with Crippen molar-refractivity contribution in [2.45, 2.75) is 0 Å². The van der Waals surface area contributed by atoms with Gasteiger partial charge in [0.05, 0.1) is 23.8 Å². The smallest absolute Gasteiger partial charge is 0.152 e. The number of furan rings is 2. The van der Waals surface area contributed by atoms with Gasteiger partial charge in [-0.25, -0.2) is 4.98 Å². The Hall–Kier alpha value is -4.37. The van der Waals surface area contributed by atoms with Gasteiger partial charge >= 0.3 is 0 Å². The fourth-order valence-corrected chi connectivity index (χ4v) is 4.93. The van der Waals surface area contributed by atoms with Crippen LogP contribution in [0.15, 0.2) is 112 Å². The Labute approximate surface area is 184 Å². The third kappa shape index (κ3) is 2.33. The Balaban J connectivity index is 1.71. The fraction of sp³-hybridized carbons (Fsp3) is 0. The number of aromatic nitrogens is 1. The molecule has 0 aliphatic heterocycles. The first-order valence-corrected chi connectivity index (χ1v) is 10.6. The lowest BCUT2D eigenvalue weighted by Crippen LogP contribution is -1.97. The molecule has 3 heterocycles. The molecule has 0 fully saturated rings. The molecule has 0 spiro atoms. The van der Waals surface area contributed by atoms with E-state index in [1.165, 1.54) is 21.9 Å². The molecule has 0 amide bonds. The Morgan fingerprint density at radius 3 is 1.88 bits per heavy atom. The molecular formula is C29H17NO2. The minimum Gasteiger partial charge on any atom is -0.464 e. The van der Waals surface area contributed by atoms with E-state index in [0.29, 0.717) is 0 Å². The summed E-state index contributed by atoms with van der Waals surface area (Å²) >= 11 is 0. The van der Waals surface area contributed by atoms with Crippen molar-refractivity contribution in [2.75, 3.05) is 0 Å². The summed E-state index contributed by atoms with van der Waals surface area (Å²) in [5.41, 5.74) is 8.40. The van der Waals surface area contributed by atoms with Crippen molar-refractivity contribution in [1.29, 1.82) is 0 Å². The van der Waals surface area contributed by atoms with Crippen LogP contribution in [0.4, 0.5) is 0 Å². The number of hydrogen-bond donors (Lipinski definition) is 0. The molecule has 3 nitrogen and oxygen atoms in total. The number of hydrogen-bond acceptors (Lipinski definition) is 3. The molecule has 6 aromatic rings. The molecule has 0 radical (unpaired) electrons. The SMILES string of the molecule is c1ccc(-c2nc(-c3ccco3)c3c(c2-c2ccco2)-c2cccc4cccc-3c24)cc1. The highest BCUT2D eigenvalue weighted by Crippen LogP contribution is 2.55. The van der Waals surface area contributed by atoms with Crippen LogP contribution < -0.4 is 0 Å². The number of pyridine rings is 1. The van der Waals surface area contributed by atoms with Gasteiger partial charge in [-0.3, -0.25) is 0 Å². The van der Waals surface area contributed by atoms with Crippen molar-refractivity contribution in [1.82, 2.24) is 4.98 Å². The van der Waals surface area contributed by atoms with Crippen LogP contribution in [0.25, 0.3) is 67.1 Å². The van der Waals surface area contributed by atoms with Gasteiger partial charge in [-0.05, 0) is 46.2 Å². The largest absolute Gasteiger partial charge is 0.464 e. The highest BCUT2D eigenvalue weighted by atomic mass is 16.3. The molecule has 0 atom stereocenters. The molecule has 0 saturated carbocycles. The fourth-order valence-electron chi connectivity index (χ4n) is 4.93. The first-order chi connectivity index (χ1) is 15.9. The van der Waals surface area contributed by atoms with E-state index in [4.69, 9.17) is 13.8 Å². The predicted octanol–water partition coefficient (Wildman–Crippen LogP) is 8.07. The van der Waals surface area contributed by atoms with Crippen LogP contribution in [0.1, 0.15) is 0 Å². The summed E-state index contributed by atoms with van der Waals surface area (Å²) in [7, 11) is 0. The van der Waals surface area contributed by atoms with Crippen LogP contribution in [0.2, 0.25) is 0 Å². The summed E-state index contributed by atoms with van der Waals surface area (Å²) in [6.07, 6.45) is 3.42. The quantitative estimate of drug-likeness (QED) is 0.295. The molecule has 1 aliphatic rings. The predicted molar refractivity (Wildman–Crippen MR) is 127 cm³/mol. The van der Waals surface area contributed by atoms with Crippen LogP contribution in [-0.2, 0) is 0 Å². The number of nitrogens with zero attached hydrogens (tertiary/aromatic N) is 1. The van der Waals surface area contributed by atoms with E-state index in [9.17, 15) is 0 Å². The van der Waals surface area contributed by atoms with Crippen LogP contribution in [0.3, 0.4) is 0 Å². The van der Waals surface area contributed by atoms with Crippen molar-refractivity contribution in [2.24, 2.45) is 0 Å². The Morgan fingerprint density at radius 1 is 0.500 bits per heavy atom. The molecule has 32 heavy (non-hydrogen) atoms. The Kier molecular flexibility index (Phi) is 3.55. The van der Waals surface area contributed by atoms with Gasteiger partial charge < -0.3 is 8.83 Å². The van der Waals surface area contributed by atoms with E-state index in [-0.39, 0.29) is 0 Å². The average Bonchev–Trinajstić information content (AvgIpc) is 3.62. The normalized spacial score (nSPS) is 11.8. The number of rotatable bonds is 3. The topological polar surface area (TPSA) is 39.2 Å². The lowest BCUT2D eigenvalue weighted by atomic mass is 9.91. The zero-order chi connectivity index (χ0) is 21.1. The zero-order valence-electron chi connectivity index (χ0n) is 17.1. The van der Waals surface area contributed by atoms with E-state index in [1.54, 1.807) is 12.5 Å². The Bertz CT molecular complexity index is 1590. The second-order valence-electron chi connectivity index (χ2n) is 7.96. The minimum absolute atomic E-state index is 0.759. The molecule has 7 rings (SSSR count). The summed E-state index contributed by atoms with van der Waals surface area (Å²) < 4.78 is 11.8. The van der Waals surface area contributed by atoms with E-state index in [2.05, 4.69) is 48.5 Å². The van der Waals surface area contributed by atoms with Crippen molar-refractivity contribution in [3.8, 4) is 56.3 Å². The monoisotopic (exact) mass is 411 g/mol. The highest BCUT2D eigenvalue weighted by molar-refractivity contribution is 6.21. The van der Waals surface area contributed by atoms with Gasteiger partial charge in [0.25, 0.3) is 0 Å². The van der Waals surface area contributed by atoms with Gasteiger partial charge in [-0.1, -0.05) is 66.7 Å². The van der Waals surface area contributed by atoms with Crippen LogP contribution >= 0.6 is 0 Å². The van der Waals surface area contributed by atoms with E-state index < -0.39 is 0 Å². The maximum atomic E-state index is 5.97. The van der Waals surface area contributed by atoms with E-state index in [1.807, 2.05) is 42.5 Å². The molecule has 0 N–H and O–H groups in total. The standard InChI is InChI=1S/C29H17NO2/c1-2-8-19(9-3-1)28-27(22-14-6-16-31-22)25-20-12-4-10-18-11-5-13-21(24(18)20)26(25)29(30-28)23-15-7-17-32-23/h1-17H. The maximum absolute atomic E-state index is 5.97. The van der Waals surface area contributed by atoms with Crippen molar-refractivity contribution >= 4 is 10.8 Å². The van der Waals surface area contributed by atoms with E-state index in [0.717, 1.165) is 45.2 Å². The third-order valence-corrected chi connectivity index (χ3v) is 6.21. The van der Waals surface area contributed by atoms with Gasteiger partial charge in [-0.15, -0.1) is 0 Å². The second-order valence-corrected chi connectivity index (χ2v) is 7.96. The van der Waals surface area contributed by atoms with Gasteiger partial charge in [0.2, 0.25) is 0 Å². The molecule has 0 bridgehead atoms. The van der Waals surface area contributed by atoms with Crippen molar-refractivity contribution < 1.29 is 8.83 Å². The average molecular weight is 411 g/mol. The molecule has 150 valence electrons. The van der Waals surface area contributed by atoms with Gasteiger partial charge in [0, 0.05) is 16.7 Å². The number of benzene rings is 3. The van der Waals surface area contributed by atoms with E-state index >= 15 is 0 Å². The third-order valence-electron chi connectivity index (χ3n) is 6.21. The summed E-state index contributed by atoms with van der Waals surface area (Å²) in [4.78, 5) is 5.23. The van der Waals surface area contributed by atoms with Crippen molar-refractivity contribution in [3.63, 3.8) is 0 Å². The molecular weight excluding hydrogens is 394 g/mol. The second kappa shape index (κ2) is 6.56. The minimum atomic E-state index is 0.759. The van der Waals surface area contributed by atoms with Gasteiger partial charge in [0.1, 0.15) is 11.5 Å². The maximum Gasteiger partial charge on any atom is 0.152 e. The van der Waals surface area contributed by atoms with Gasteiger partial charge in [0.15, 0.2) is 5.76 Å². The molecule has 3 aromatic carbocycles. The molecule has 0 saturated heterocycles. The van der Waals surface area contributed by atoms with Crippen LogP contribution in [0, 0.1) is 0 Å². The zero-order valence-corrected chi connectivity index (χ0v) is 17.1. The first-order valence-electron chi connectivity index (χ1n) is 10.6. The summed E-state index contributed by atoms with van der Waals surface area (Å²) in [5, 5.41) is 2.46. The first kappa shape index (κ1) is 17.3. The summed E-state index contributed by atoms with van der Waals surface area (Å²) in [5.74, 6) is 1.57. The molecule has 0 unspecified atom stereocenters. The summed E-state index contributed by atoms with van der Waals surface area (Å²) in [6, 6.07) is 31.1. The molecule has 1 aliphatic carbocycles. The Morgan fingerprint density at radius 2 is 1.19 bits per heavy atom.